The maximum Gasteiger partial charge on any atom is 0.491 e. The van der Waals surface area contributed by atoms with Gasteiger partial charge in [-0.3, -0.25) is 29.1 Å². The van der Waals surface area contributed by atoms with E-state index in [9.17, 15) is 58.8 Å². The number of rotatable bonds is 25. The quantitative estimate of drug-likeness (QED) is 0.0349. The van der Waals surface area contributed by atoms with E-state index in [-0.39, 0.29) is 51.1 Å². The molecule has 4 amide bonds. The number of carbonyl (C=O) groups excluding carboxylic acids is 4. The van der Waals surface area contributed by atoms with E-state index < -0.39 is 110 Å². The van der Waals surface area contributed by atoms with Gasteiger partial charge in [0.25, 0.3) is 23.6 Å². The Labute approximate surface area is 373 Å². The van der Waals surface area contributed by atoms with Gasteiger partial charge in [-0.05, 0) is 78.5 Å². The van der Waals surface area contributed by atoms with Crippen LogP contribution in [-0.4, -0.2) is 130 Å². The fourth-order valence-corrected chi connectivity index (χ4v) is 11.9. The van der Waals surface area contributed by atoms with Crippen LogP contribution in [-0.2, 0) is 30.5 Å². The molecule has 65 heavy (non-hydrogen) atoms. The zero-order valence-corrected chi connectivity index (χ0v) is 37.4. The van der Waals surface area contributed by atoms with Gasteiger partial charge in [-0.25, -0.2) is 19.2 Å². The van der Waals surface area contributed by atoms with Crippen LogP contribution in [0.1, 0.15) is 107 Å². The van der Waals surface area contributed by atoms with Crippen molar-refractivity contribution in [3.8, 4) is 0 Å². The molecule has 0 bridgehead atoms. The van der Waals surface area contributed by atoms with E-state index in [2.05, 4.69) is 31.2 Å². The van der Waals surface area contributed by atoms with Crippen LogP contribution in [0.4, 0.5) is 0 Å². The van der Waals surface area contributed by atoms with Gasteiger partial charge in [0.15, 0.2) is 0 Å². The van der Waals surface area contributed by atoms with Crippen molar-refractivity contribution in [3.05, 3.63) is 129 Å². The van der Waals surface area contributed by atoms with Crippen molar-refractivity contribution in [2.45, 2.75) is 38.0 Å². The molecule has 2 aromatic heterocycles. The Morgan fingerprint density at radius 3 is 1.22 bits per heavy atom. The molecule has 2 heterocycles. The number of amides is 4. The van der Waals surface area contributed by atoms with Crippen LogP contribution in [0.2, 0.25) is 12.1 Å². The highest BCUT2D eigenvalue weighted by molar-refractivity contribution is 6.69. The lowest BCUT2D eigenvalue weighted by atomic mass is 9.97. The van der Waals surface area contributed by atoms with Gasteiger partial charge in [0.1, 0.15) is 0 Å². The summed E-state index contributed by atoms with van der Waals surface area (Å²) in [7, 11) is -1.94. The topological polar surface area (TPSA) is 328 Å². The van der Waals surface area contributed by atoms with Crippen LogP contribution >= 0.6 is 0 Å². The molecule has 0 aliphatic carbocycles. The second-order valence-electron chi connectivity index (χ2n) is 13.8. The molecule has 4 aromatic rings. The molecular formula is C41H46N6O16Si2. The molecule has 24 heteroatoms. The van der Waals surface area contributed by atoms with E-state index >= 15 is 0 Å². The first-order chi connectivity index (χ1) is 31.0. The Morgan fingerprint density at radius 2 is 0.862 bits per heavy atom. The zero-order chi connectivity index (χ0) is 47.7. The molecule has 344 valence electrons. The van der Waals surface area contributed by atoms with Crippen LogP contribution in [0.3, 0.4) is 0 Å². The van der Waals surface area contributed by atoms with Gasteiger partial charge in [0.2, 0.25) is 0 Å². The number of carboxylic acids is 4. The van der Waals surface area contributed by atoms with Crippen molar-refractivity contribution in [2.75, 3.05) is 34.4 Å². The third-order valence-electron chi connectivity index (χ3n) is 9.66. The number of hydrogen-bond acceptors (Lipinski definition) is 14. The summed E-state index contributed by atoms with van der Waals surface area (Å²) in [5.74, 6) is -9.83. The molecule has 0 saturated carbocycles. The minimum absolute atomic E-state index is 0.00135. The summed E-state index contributed by atoms with van der Waals surface area (Å²) in [6.45, 7) is -0.0806. The third kappa shape index (κ3) is 13.9. The van der Waals surface area contributed by atoms with Crippen LogP contribution in [0, 0.1) is 0 Å². The summed E-state index contributed by atoms with van der Waals surface area (Å²) in [6.07, 6.45) is 6.44. The van der Waals surface area contributed by atoms with Crippen LogP contribution in [0.5, 0.6) is 0 Å². The lowest BCUT2D eigenvalue weighted by molar-refractivity contribution is 0.0675. The molecule has 2 aromatic carbocycles. The Balaban J connectivity index is 1.35. The van der Waals surface area contributed by atoms with Gasteiger partial charge in [-0.2, -0.15) is 0 Å². The summed E-state index contributed by atoms with van der Waals surface area (Å²) in [4.78, 5) is 109. The number of carbonyl (C=O) groups is 8. The lowest BCUT2D eigenvalue weighted by Crippen LogP contribution is -2.49. The first kappa shape index (κ1) is 50.4. The standard InChI is InChI=1S/C41H46N6O16Si2/c1-60-64(16-4-10-44-35(49)28-19-31(39(54)55)29(20-30(28)38(52)53)37(51)47-23-25-8-14-43-15-9-25)63-65(61-2,62-3)17-5-11-45-34(48)26-18-27(33(41(58)59)21-32(26)40(56)57)36(50)46-22-24-6-12-42-13-7-24/h6-9,12-15,18-21,64H,4-5,10-11,16-17,22-23H2,1-3H3,(H,44,49)(H,45,48)(H,46,50)(H,47,51)(H,52,53)(H,54,55)(H,56,57)(H,58,59). The Morgan fingerprint density at radius 1 is 0.523 bits per heavy atom. The number of hydrogen-bond donors (Lipinski definition) is 8. The summed E-state index contributed by atoms with van der Waals surface area (Å²) < 4.78 is 23.2. The van der Waals surface area contributed by atoms with E-state index in [1.165, 1.54) is 46.1 Å². The maximum absolute atomic E-state index is 13.3. The molecule has 0 aliphatic heterocycles. The highest BCUT2D eigenvalue weighted by Gasteiger charge is 2.41. The Bertz CT molecular complexity index is 2400. The Kier molecular flexibility index (Phi) is 18.6. The number of pyridine rings is 2. The second-order valence-corrected chi connectivity index (χ2v) is 19.3. The van der Waals surface area contributed by atoms with Crippen molar-refractivity contribution < 1.29 is 76.2 Å². The van der Waals surface area contributed by atoms with Crippen LogP contribution in [0.15, 0.2) is 73.3 Å². The maximum atomic E-state index is 13.3. The van der Waals surface area contributed by atoms with E-state index in [0.717, 1.165) is 24.3 Å². The molecule has 0 spiro atoms. The number of carboxylic acid groups (broad SMARTS) is 4. The average Bonchev–Trinajstić information content (AvgIpc) is 3.31. The predicted octanol–water partition coefficient (Wildman–Crippen LogP) is 2.18. The molecule has 1 unspecified atom stereocenters. The normalized spacial score (nSPS) is 11.5. The summed E-state index contributed by atoms with van der Waals surface area (Å²) >= 11 is 0. The summed E-state index contributed by atoms with van der Waals surface area (Å²) in [6, 6.07) is 10.3. The number of nitrogens with zero attached hydrogens (tertiary/aromatic N) is 2. The van der Waals surface area contributed by atoms with E-state index in [0.29, 0.717) is 11.1 Å². The number of aromatic nitrogens is 2. The largest absolute Gasteiger partial charge is 0.491 e. The van der Waals surface area contributed by atoms with Gasteiger partial charge < -0.3 is 59.1 Å². The van der Waals surface area contributed by atoms with Crippen molar-refractivity contribution in [1.82, 2.24) is 31.2 Å². The van der Waals surface area contributed by atoms with E-state index in [4.69, 9.17) is 17.4 Å². The summed E-state index contributed by atoms with van der Waals surface area (Å²) in [5, 5.41) is 49.6. The lowest BCUT2D eigenvalue weighted by Gasteiger charge is -2.30. The van der Waals surface area contributed by atoms with Crippen LogP contribution in [0.25, 0.3) is 0 Å². The van der Waals surface area contributed by atoms with Gasteiger partial charge in [-0.15, -0.1) is 0 Å². The number of benzene rings is 2. The minimum Gasteiger partial charge on any atom is -0.478 e. The van der Waals surface area contributed by atoms with Crippen molar-refractivity contribution in [2.24, 2.45) is 0 Å². The van der Waals surface area contributed by atoms with Gasteiger partial charge in [-0.1, -0.05) is 0 Å². The van der Waals surface area contributed by atoms with Gasteiger partial charge in [0, 0.05) is 78.3 Å². The monoisotopic (exact) mass is 934 g/mol. The fourth-order valence-electron chi connectivity index (χ4n) is 6.25. The zero-order valence-electron chi connectivity index (χ0n) is 35.2. The highest BCUT2D eigenvalue weighted by Crippen LogP contribution is 2.22. The smallest absolute Gasteiger partial charge is 0.478 e. The molecule has 8 N–H and O–H groups in total. The first-order valence-electron chi connectivity index (χ1n) is 19.5. The van der Waals surface area contributed by atoms with E-state index in [1.54, 1.807) is 24.3 Å². The molecule has 1 atom stereocenters. The van der Waals surface area contributed by atoms with Crippen molar-refractivity contribution in [1.29, 1.82) is 0 Å². The van der Waals surface area contributed by atoms with Crippen molar-refractivity contribution >= 4 is 65.6 Å². The predicted molar refractivity (Wildman–Crippen MR) is 230 cm³/mol. The first-order valence-corrected chi connectivity index (χ1v) is 23.2. The molecular weight excluding hydrogens is 889 g/mol. The SMILES string of the molecule is CO[SiH](CCCNC(=O)c1cc(C(=O)O)c(C(=O)NCc2ccncc2)cc1C(=O)O)O[Si](CCCNC(=O)c1cc(C(=O)NCc2ccncc2)c(C(=O)O)cc1C(=O)O)(OC)OC. The fraction of sp³-hybridized carbons (Fsp3) is 0.268. The van der Waals surface area contributed by atoms with Crippen LogP contribution < -0.4 is 21.3 Å². The molecule has 4 rings (SSSR count). The molecule has 0 aliphatic rings. The Hall–Kier alpha value is -7.23. The molecule has 0 radical (unpaired) electrons. The minimum atomic E-state index is -3.48. The summed E-state index contributed by atoms with van der Waals surface area (Å²) in [5.41, 5.74) is -2.94. The van der Waals surface area contributed by atoms with Gasteiger partial charge in [0.05, 0.1) is 44.5 Å². The number of nitrogens with one attached hydrogen (secondary N) is 4. The molecule has 22 nitrogen and oxygen atoms in total. The average molecular weight is 935 g/mol. The van der Waals surface area contributed by atoms with Gasteiger partial charge >= 0.3 is 42.0 Å². The second kappa shape index (κ2) is 24.0. The molecule has 0 saturated heterocycles. The van der Waals surface area contributed by atoms with E-state index in [1.807, 2.05) is 0 Å². The van der Waals surface area contributed by atoms with Crippen molar-refractivity contribution in [3.63, 3.8) is 0 Å². The number of aromatic carboxylic acids is 4. The highest BCUT2D eigenvalue weighted by atomic mass is 28.4. The molecule has 0 fully saturated rings. The third-order valence-corrected chi connectivity index (χ3v) is 15.8.